The normalized spacial score (nSPS) is 9.63. The number of rotatable bonds is 6. The van der Waals surface area contributed by atoms with Crippen LogP contribution in [-0.4, -0.2) is 39.2 Å². The molecule has 0 aliphatic heterocycles. The summed E-state index contributed by atoms with van der Waals surface area (Å²) in [6.07, 6.45) is 0. The van der Waals surface area contributed by atoms with E-state index in [0.29, 0.717) is 17.1 Å². The summed E-state index contributed by atoms with van der Waals surface area (Å²) in [5.41, 5.74) is 0.348. The Morgan fingerprint density at radius 2 is 1.68 bits per heavy atom. The van der Waals surface area contributed by atoms with Crippen LogP contribution >= 0.6 is 0 Å². The maximum absolute atomic E-state index is 11.9. The summed E-state index contributed by atoms with van der Waals surface area (Å²) < 4.78 is 14.8. The van der Waals surface area contributed by atoms with Gasteiger partial charge >= 0.3 is 5.97 Å². The van der Waals surface area contributed by atoms with E-state index in [2.05, 4.69) is 5.32 Å². The molecule has 0 radical (unpaired) electrons. The second kappa shape index (κ2) is 7.25. The molecule has 0 aliphatic carbocycles. The predicted octanol–water partition coefficient (Wildman–Crippen LogP) is 0.997. The largest absolute Gasteiger partial charge is 0.497 e. The van der Waals surface area contributed by atoms with E-state index in [-0.39, 0.29) is 13.2 Å². The van der Waals surface area contributed by atoms with Crippen LogP contribution in [0.15, 0.2) is 18.2 Å². The minimum Gasteiger partial charge on any atom is -0.497 e. The molecule has 0 heterocycles. The summed E-state index contributed by atoms with van der Waals surface area (Å²) in [6.45, 7) is 1.81. The lowest BCUT2D eigenvalue weighted by molar-refractivity contribution is -0.141. The molecule has 0 spiro atoms. The van der Waals surface area contributed by atoms with Crippen LogP contribution in [0.2, 0.25) is 0 Å². The molecule has 19 heavy (non-hydrogen) atoms. The molecular weight excluding hydrogens is 250 g/mol. The van der Waals surface area contributed by atoms with E-state index >= 15 is 0 Å². The second-order valence-electron chi connectivity index (χ2n) is 3.59. The highest BCUT2D eigenvalue weighted by molar-refractivity contribution is 5.96. The summed E-state index contributed by atoms with van der Waals surface area (Å²) >= 11 is 0. The first-order valence-corrected chi connectivity index (χ1v) is 5.77. The van der Waals surface area contributed by atoms with Crippen LogP contribution < -0.4 is 14.8 Å². The lowest BCUT2D eigenvalue weighted by Gasteiger charge is -2.09. The maximum atomic E-state index is 11.9. The Kier molecular flexibility index (Phi) is 5.66. The highest BCUT2D eigenvalue weighted by Gasteiger charge is 2.11. The summed E-state index contributed by atoms with van der Waals surface area (Å²) in [4.78, 5) is 23.0. The van der Waals surface area contributed by atoms with Gasteiger partial charge in [0, 0.05) is 11.6 Å². The molecule has 6 nitrogen and oxygen atoms in total. The van der Waals surface area contributed by atoms with Gasteiger partial charge in [0.25, 0.3) is 5.91 Å². The summed E-state index contributed by atoms with van der Waals surface area (Å²) in [5.74, 6) is 0.122. The fourth-order valence-electron chi connectivity index (χ4n) is 1.41. The maximum Gasteiger partial charge on any atom is 0.325 e. The lowest BCUT2D eigenvalue weighted by atomic mass is 10.2. The number of hydrogen-bond donors (Lipinski definition) is 1. The van der Waals surface area contributed by atoms with Crippen LogP contribution in [0.3, 0.4) is 0 Å². The number of benzene rings is 1. The summed E-state index contributed by atoms with van der Waals surface area (Å²) in [7, 11) is 2.99. The van der Waals surface area contributed by atoms with Crippen molar-refractivity contribution in [3.8, 4) is 11.5 Å². The predicted molar refractivity (Wildman–Crippen MR) is 68.5 cm³/mol. The number of amides is 1. The van der Waals surface area contributed by atoms with Crippen molar-refractivity contribution in [3.05, 3.63) is 23.8 Å². The standard InChI is InChI=1S/C13H17NO5/c1-4-19-12(15)8-14-13(16)9-5-10(17-2)7-11(6-9)18-3/h5-7H,4,8H2,1-3H3,(H,14,16). The average molecular weight is 267 g/mol. The van der Waals surface area contributed by atoms with Crippen LogP contribution in [0, 0.1) is 0 Å². The minimum atomic E-state index is -0.481. The zero-order chi connectivity index (χ0) is 14.3. The highest BCUT2D eigenvalue weighted by Crippen LogP contribution is 2.22. The van der Waals surface area contributed by atoms with Crippen molar-refractivity contribution >= 4 is 11.9 Å². The van der Waals surface area contributed by atoms with E-state index in [1.165, 1.54) is 14.2 Å². The van der Waals surface area contributed by atoms with Gasteiger partial charge < -0.3 is 19.5 Å². The number of esters is 1. The molecule has 1 rings (SSSR count). The smallest absolute Gasteiger partial charge is 0.325 e. The molecule has 0 fully saturated rings. The van der Waals surface area contributed by atoms with Crippen LogP contribution in [0.5, 0.6) is 11.5 Å². The van der Waals surface area contributed by atoms with Gasteiger partial charge in [0.1, 0.15) is 18.0 Å². The van der Waals surface area contributed by atoms with Crippen molar-refractivity contribution in [2.45, 2.75) is 6.92 Å². The van der Waals surface area contributed by atoms with E-state index in [1.807, 2.05) is 0 Å². The Morgan fingerprint density at radius 1 is 1.11 bits per heavy atom. The molecule has 0 saturated carbocycles. The number of ether oxygens (including phenoxy) is 3. The zero-order valence-corrected chi connectivity index (χ0v) is 11.2. The molecule has 0 atom stereocenters. The van der Waals surface area contributed by atoms with Gasteiger partial charge in [-0.2, -0.15) is 0 Å². The van der Waals surface area contributed by atoms with E-state index in [1.54, 1.807) is 25.1 Å². The lowest BCUT2D eigenvalue weighted by Crippen LogP contribution is -2.30. The van der Waals surface area contributed by atoms with Crippen molar-refractivity contribution in [3.63, 3.8) is 0 Å². The number of hydrogen-bond acceptors (Lipinski definition) is 5. The van der Waals surface area contributed by atoms with Gasteiger partial charge in [0.05, 0.1) is 20.8 Å². The fourth-order valence-corrected chi connectivity index (χ4v) is 1.41. The van der Waals surface area contributed by atoms with Gasteiger partial charge in [-0.05, 0) is 19.1 Å². The molecule has 1 aromatic carbocycles. The molecule has 104 valence electrons. The number of nitrogens with one attached hydrogen (secondary N) is 1. The van der Waals surface area contributed by atoms with Crippen molar-refractivity contribution in [2.75, 3.05) is 27.4 Å². The van der Waals surface area contributed by atoms with Gasteiger partial charge in [0.2, 0.25) is 0 Å². The third kappa shape index (κ3) is 4.50. The van der Waals surface area contributed by atoms with E-state index in [0.717, 1.165) is 0 Å². The molecular formula is C13H17NO5. The van der Waals surface area contributed by atoms with E-state index < -0.39 is 11.9 Å². The van der Waals surface area contributed by atoms with Crippen LogP contribution in [0.4, 0.5) is 0 Å². The molecule has 1 aromatic rings. The Morgan fingerprint density at radius 3 is 2.16 bits per heavy atom. The van der Waals surface area contributed by atoms with Gasteiger partial charge in [-0.25, -0.2) is 0 Å². The molecule has 0 aromatic heterocycles. The Balaban J connectivity index is 2.73. The third-order valence-corrected chi connectivity index (χ3v) is 2.31. The third-order valence-electron chi connectivity index (χ3n) is 2.31. The Hall–Kier alpha value is -2.24. The SMILES string of the molecule is CCOC(=O)CNC(=O)c1cc(OC)cc(OC)c1. The molecule has 0 saturated heterocycles. The van der Waals surface area contributed by atoms with Crippen LogP contribution in [0.25, 0.3) is 0 Å². The van der Waals surface area contributed by atoms with Gasteiger partial charge in [-0.15, -0.1) is 0 Å². The van der Waals surface area contributed by atoms with Crippen molar-refractivity contribution in [1.29, 1.82) is 0 Å². The van der Waals surface area contributed by atoms with Gasteiger partial charge in [0.15, 0.2) is 0 Å². The fraction of sp³-hybridized carbons (Fsp3) is 0.385. The summed E-state index contributed by atoms with van der Waals surface area (Å²) in [5, 5.41) is 2.46. The van der Waals surface area contributed by atoms with Gasteiger partial charge in [-0.1, -0.05) is 0 Å². The molecule has 6 heteroatoms. The topological polar surface area (TPSA) is 73.9 Å². The van der Waals surface area contributed by atoms with Crippen molar-refractivity contribution in [2.24, 2.45) is 0 Å². The molecule has 0 aliphatic rings. The molecule has 1 amide bonds. The first-order chi connectivity index (χ1) is 9.10. The molecule has 0 bridgehead atoms. The van der Waals surface area contributed by atoms with E-state index in [9.17, 15) is 9.59 Å². The number of carbonyl (C=O) groups is 2. The van der Waals surface area contributed by atoms with Crippen molar-refractivity contribution < 1.29 is 23.8 Å². The average Bonchev–Trinajstić information content (AvgIpc) is 2.44. The zero-order valence-electron chi connectivity index (χ0n) is 11.2. The first-order valence-electron chi connectivity index (χ1n) is 5.77. The molecule has 1 N–H and O–H groups in total. The van der Waals surface area contributed by atoms with Gasteiger partial charge in [-0.3, -0.25) is 9.59 Å². The van der Waals surface area contributed by atoms with E-state index in [4.69, 9.17) is 14.2 Å². The minimum absolute atomic E-state index is 0.174. The van der Waals surface area contributed by atoms with Crippen LogP contribution in [0.1, 0.15) is 17.3 Å². The number of methoxy groups -OCH3 is 2. The highest BCUT2D eigenvalue weighted by atomic mass is 16.5. The monoisotopic (exact) mass is 267 g/mol. The van der Waals surface area contributed by atoms with Crippen LogP contribution in [-0.2, 0) is 9.53 Å². The quantitative estimate of drug-likeness (QED) is 0.778. The summed E-state index contributed by atoms with van der Waals surface area (Å²) in [6, 6.07) is 4.77. The van der Waals surface area contributed by atoms with Crippen molar-refractivity contribution in [1.82, 2.24) is 5.32 Å². The molecule has 0 unspecified atom stereocenters. The number of carbonyl (C=O) groups excluding carboxylic acids is 2. The Labute approximate surface area is 111 Å². The first kappa shape index (κ1) is 14.8. The second-order valence-corrected chi connectivity index (χ2v) is 3.59. The Bertz CT molecular complexity index is 436.